The molecule has 17 heavy (non-hydrogen) atoms. The lowest BCUT2D eigenvalue weighted by Gasteiger charge is -2.19. The van der Waals surface area contributed by atoms with Gasteiger partial charge in [0.1, 0.15) is 5.69 Å². The molecule has 0 aliphatic heterocycles. The number of aliphatic hydroxyl groups is 2. The number of aromatic nitrogens is 2. The Hall–Kier alpha value is -1.73. The highest BCUT2D eigenvalue weighted by molar-refractivity contribution is 5.92. The Morgan fingerprint density at radius 1 is 1.35 bits per heavy atom. The van der Waals surface area contributed by atoms with E-state index in [1.54, 1.807) is 0 Å². The number of carbonyl (C=O) groups is 1. The van der Waals surface area contributed by atoms with Crippen LogP contribution in [0.25, 0.3) is 0 Å². The summed E-state index contributed by atoms with van der Waals surface area (Å²) in [5.74, 6) is -0.427. The summed E-state index contributed by atoms with van der Waals surface area (Å²) in [4.78, 5) is 24.3. The molecule has 94 valence electrons. The summed E-state index contributed by atoms with van der Waals surface area (Å²) >= 11 is 0. The molecule has 0 saturated heterocycles. The molecule has 0 aromatic carbocycles. The quantitative estimate of drug-likeness (QED) is 0.634. The summed E-state index contributed by atoms with van der Waals surface area (Å²) in [5.41, 5.74) is -0.202. The van der Waals surface area contributed by atoms with Crippen molar-refractivity contribution in [3.8, 4) is 0 Å². The summed E-state index contributed by atoms with van der Waals surface area (Å²) in [6.07, 6.45) is 0. The van der Waals surface area contributed by atoms with Crippen LogP contribution in [-0.4, -0.2) is 57.1 Å². The van der Waals surface area contributed by atoms with Crippen molar-refractivity contribution in [1.29, 1.82) is 0 Å². The predicted octanol–water partition coefficient (Wildman–Crippen LogP) is -1.79. The average molecular weight is 241 g/mol. The van der Waals surface area contributed by atoms with E-state index in [-0.39, 0.29) is 37.6 Å². The molecule has 1 aromatic heterocycles. The average Bonchev–Trinajstić information content (AvgIpc) is 2.31. The van der Waals surface area contributed by atoms with E-state index >= 15 is 0 Å². The van der Waals surface area contributed by atoms with Crippen molar-refractivity contribution in [1.82, 2.24) is 14.7 Å². The van der Waals surface area contributed by atoms with Gasteiger partial charge < -0.3 is 15.1 Å². The van der Waals surface area contributed by atoms with E-state index in [4.69, 9.17) is 10.2 Å². The van der Waals surface area contributed by atoms with Crippen molar-refractivity contribution in [2.75, 3.05) is 26.3 Å². The number of carbonyl (C=O) groups excluding carboxylic acids is 1. The molecule has 0 spiro atoms. The van der Waals surface area contributed by atoms with Gasteiger partial charge in [-0.3, -0.25) is 9.59 Å². The minimum atomic E-state index is -0.427. The van der Waals surface area contributed by atoms with Gasteiger partial charge in [0.05, 0.1) is 13.2 Å². The zero-order valence-electron chi connectivity index (χ0n) is 9.54. The van der Waals surface area contributed by atoms with Crippen molar-refractivity contribution < 1.29 is 15.0 Å². The fourth-order valence-corrected chi connectivity index (χ4v) is 1.33. The first-order chi connectivity index (χ1) is 8.10. The van der Waals surface area contributed by atoms with E-state index in [2.05, 4.69) is 5.10 Å². The van der Waals surface area contributed by atoms with Crippen molar-refractivity contribution in [2.45, 2.75) is 0 Å². The minimum absolute atomic E-state index is 0.106. The Morgan fingerprint density at radius 3 is 2.41 bits per heavy atom. The standard InChI is InChI=1S/C10H15N3O4/c1-12-9(16)3-2-8(11-12)10(17)13(4-6-14)5-7-15/h2-3,14-15H,4-7H2,1H3. The van der Waals surface area contributed by atoms with Crippen molar-refractivity contribution >= 4 is 5.91 Å². The molecule has 0 bridgehead atoms. The van der Waals surface area contributed by atoms with Crippen LogP contribution < -0.4 is 5.56 Å². The maximum Gasteiger partial charge on any atom is 0.274 e. The van der Waals surface area contributed by atoms with Gasteiger partial charge in [0.15, 0.2) is 0 Å². The van der Waals surface area contributed by atoms with Gasteiger partial charge in [-0.05, 0) is 6.07 Å². The summed E-state index contributed by atoms with van der Waals surface area (Å²) in [6, 6.07) is 2.57. The number of hydrogen-bond donors (Lipinski definition) is 2. The molecule has 0 atom stereocenters. The van der Waals surface area contributed by atoms with Crippen molar-refractivity contribution in [2.24, 2.45) is 7.05 Å². The van der Waals surface area contributed by atoms with Gasteiger partial charge in [-0.25, -0.2) is 4.68 Å². The smallest absolute Gasteiger partial charge is 0.274 e. The second kappa shape index (κ2) is 6.12. The summed E-state index contributed by atoms with van der Waals surface area (Å²) < 4.78 is 1.06. The molecule has 2 N–H and O–H groups in total. The first-order valence-corrected chi connectivity index (χ1v) is 5.15. The molecule has 0 radical (unpaired) electrons. The normalized spacial score (nSPS) is 10.3. The van der Waals surface area contributed by atoms with Gasteiger partial charge >= 0.3 is 0 Å². The third kappa shape index (κ3) is 3.36. The topological polar surface area (TPSA) is 95.7 Å². The highest BCUT2D eigenvalue weighted by Crippen LogP contribution is 1.99. The molecule has 7 heteroatoms. The number of nitrogens with zero attached hydrogens (tertiary/aromatic N) is 3. The van der Waals surface area contributed by atoms with Gasteiger partial charge in [-0.15, -0.1) is 0 Å². The van der Waals surface area contributed by atoms with Crippen LogP contribution in [-0.2, 0) is 7.05 Å². The molecular formula is C10H15N3O4. The van der Waals surface area contributed by atoms with Crippen LogP contribution in [0.5, 0.6) is 0 Å². The Morgan fingerprint density at radius 2 is 1.94 bits per heavy atom. The monoisotopic (exact) mass is 241 g/mol. The van der Waals surface area contributed by atoms with E-state index in [0.29, 0.717) is 0 Å². The molecule has 0 aliphatic carbocycles. The van der Waals surface area contributed by atoms with Gasteiger partial charge in [-0.2, -0.15) is 5.10 Å². The molecule has 1 rings (SSSR count). The fraction of sp³-hybridized carbons (Fsp3) is 0.500. The van der Waals surface area contributed by atoms with Crippen molar-refractivity contribution in [3.05, 3.63) is 28.2 Å². The van der Waals surface area contributed by atoms with Gasteiger partial charge in [0, 0.05) is 26.2 Å². The van der Waals surface area contributed by atoms with Gasteiger partial charge in [-0.1, -0.05) is 0 Å². The van der Waals surface area contributed by atoms with E-state index in [0.717, 1.165) is 4.68 Å². The summed E-state index contributed by atoms with van der Waals surface area (Å²) in [6.45, 7) is -0.164. The second-order valence-corrected chi connectivity index (χ2v) is 3.42. The third-order valence-electron chi connectivity index (χ3n) is 2.21. The van der Waals surface area contributed by atoms with E-state index in [1.165, 1.54) is 24.1 Å². The van der Waals surface area contributed by atoms with Gasteiger partial charge in [0.25, 0.3) is 11.5 Å². The lowest BCUT2D eigenvalue weighted by atomic mass is 10.3. The SMILES string of the molecule is Cn1nc(C(=O)N(CCO)CCO)ccc1=O. The van der Waals surface area contributed by atoms with E-state index < -0.39 is 5.91 Å². The molecule has 0 saturated carbocycles. The molecule has 0 fully saturated rings. The number of hydrogen-bond acceptors (Lipinski definition) is 5. The van der Waals surface area contributed by atoms with Gasteiger partial charge in [0.2, 0.25) is 0 Å². The molecule has 7 nitrogen and oxygen atoms in total. The molecular weight excluding hydrogens is 226 g/mol. The van der Waals surface area contributed by atoms with Crippen LogP contribution >= 0.6 is 0 Å². The maximum atomic E-state index is 11.9. The van der Waals surface area contributed by atoms with Crippen LogP contribution in [0.2, 0.25) is 0 Å². The molecule has 0 unspecified atom stereocenters. The van der Waals surface area contributed by atoms with Crippen molar-refractivity contribution in [3.63, 3.8) is 0 Å². The number of amides is 1. The Kier molecular flexibility index (Phi) is 4.80. The molecule has 1 heterocycles. The van der Waals surface area contributed by atoms with Crippen LogP contribution in [0.15, 0.2) is 16.9 Å². The largest absolute Gasteiger partial charge is 0.395 e. The zero-order chi connectivity index (χ0) is 12.8. The Balaban J connectivity index is 2.92. The highest BCUT2D eigenvalue weighted by Gasteiger charge is 2.16. The van der Waals surface area contributed by atoms with Crippen LogP contribution in [0.4, 0.5) is 0 Å². The van der Waals surface area contributed by atoms with E-state index in [1.807, 2.05) is 0 Å². The lowest BCUT2D eigenvalue weighted by molar-refractivity contribution is 0.0676. The minimum Gasteiger partial charge on any atom is -0.395 e. The summed E-state index contributed by atoms with van der Waals surface area (Å²) in [7, 11) is 1.45. The molecule has 1 aromatic rings. The van der Waals surface area contributed by atoms with E-state index in [9.17, 15) is 9.59 Å². The first-order valence-electron chi connectivity index (χ1n) is 5.15. The Bertz CT molecular complexity index is 437. The number of aliphatic hydroxyl groups excluding tert-OH is 2. The number of rotatable bonds is 5. The predicted molar refractivity (Wildman–Crippen MR) is 59.6 cm³/mol. The fourth-order valence-electron chi connectivity index (χ4n) is 1.33. The number of aryl methyl sites for hydroxylation is 1. The Labute approximate surface area is 97.9 Å². The highest BCUT2D eigenvalue weighted by atomic mass is 16.3. The van der Waals surface area contributed by atoms with Crippen LogP contribution in [0.1, 0.15) is 10.5 Å². The molecule has 1 amide bonds. The second-order valence-electron chi connectivity index (χ2n) is 3.42. The first kappa shape index (κ1) is 13.3. The van der Waals surface area contributed by atoms with Crippen LogP contribution in [0, 0.1) is 0 Å². The zero-order valence-corrected chi connectivity index (χ0v) is 9.54. The third-order valence-corrected chi connectivity index (χ3v) is 2.21. The lowest BCUT2D eigenvalue weighted by Crippen LogP contribution is -2.37. The maximum absolute atomic E-state index is 11.9. The van der Waals surface area contributed by atoms with Crippen LogP contribution in [0.3, 0.4) is 0 Å². The molecule has 0 aliphatic rings. The summed E-state index contributed by atoms with van der Waals surface area (Å²) in [5, 5.41) is 21.4.